The molecule has 0 unspecified atom stereocenters. The fourth-order valence-corrected chi connectivity index (χ4v) is 3.97. The molecule has 1 aromatic heterocycles. The molecule has 3 nitrogen and oxygen atoms in total. The Morgan fingerprint density at radius 1 is 1.04 bits per heavy atom. The van der Waals surface area contributed by atoms with Gasteiger partial charge in [0.15, 0.2) is 0 Å². The van der Waals surface area contributed by atoms with E-state index in [4.69, 9.17) is 5.11 Å². The number of aryl methyl sites for hydroxylation is 2. The van der Waals surface area contributed by atoms with Gasteiger partial charge in [-0.1, -0.05) is 23.8 Å². The van der Waals surface area contributed by atoms with E-state index in [9.17, 15) is 4.79 Å². The number of allylic oxidation sites excluding steroid dienone is 2. The zero-order valence-electron chi connectivity index (χ0n) is 15.7. The summed E-state index contributed by atoms with van der Waals surface area (Å²) < 4.78 is 0. The summed E-state index contributed by atoms with van der Waals surface area (Å²) in [5.41, 5.74) is 9.44. The van der Waals surface area contributed by atoms with Crippen LogP contribution in [0.2, 0.25) is 0 Å². The molecular weight excluding hydrogens is 322 g/mol. The van der Waals surface area contributed by atoms with Crippen molar-refractivity contribution in [2.45, 2.75) is 58.8 Å². The van der Waals surface area contributed by atoms with E-state index in [-0.39, 0.29) is 6.42 Å². The number of hydrogen-bond donors (Lipinski definition) is 1. The Hall–Kier alpha value is -2.42. The van der Waals surface area contributed by atoms with Crippen molar-refractivity contribution in [3.63, 3.8) is 0 Å². The Morgan fingerprint density at radius 3 is 2.42 bits per heavy atom. The van der Waals surface area contributed by atoms with Gasteiger partial charge >= 0.3 is 5.97 Å². The van der Waals surface area contributed by atoms with Crippen LogP contribution in [0, 0.1) is 13.8 Å². The zero-order valence-corrected chi connectivity index (χ0v) is 15.7. The molecule has 3 heteroatoms. The van der Waals surface area contributed by atoms with Crippen molar-refractivity contribution in [1.29, 1.82) is 0 Å². The van der Waals surface area contributed by atoms with E-state index >= 15 is 0 Å². The first-order valence-electron chi connectivity index (χ1n) is 9.47. The Bertz CT molecular complexity index is 822. The van der Waals surface area contributed by atoms with Crippen molar-refractivity contribution in [1.82, 2.24) is 4.98 Å². The first kappa shape index (κ1) is 18.4. The van der Waals surface area contributed by atoms with Gasteiger partial charge < -0.3 is 5.11 Å². The van der Waals surface area contributed by atoms with Crippen molar-refractivity contribution in [2.24, 2.45) is 0 Å². The quantitative estimate of drug-likeness (QED) is 0.739. The van der Waals surface area contributed by atoms with Gasteiger partial charge in [-0.3, -0.25) is 9.78 Å². The van der Waals surface area contributed by atoms with Gasteiger partial charge in [-0.2, -0.15) is 0 Å². The molecule has 3 rings (SSSR count). The largest absolute Gasteiger partial charge is 0.481 e. The normalized spacial score (nSPS) is 14.1. The van der Waals surface area contributed by atoms with Crippen LogP contribution in [0.15, 0.2) is 42.2 Å². The molecule has 0 atom stereocenters. The molecule has 0 bridgehead atoms. The van der Waals surface area contributed by atoms with Crippen LogP contribution in [-0.4, -0.2) is 16.1 Å². The number of nitrogens with zero attached hydrogens (tertiary/aromatic N) is 1. The van der Waals surface area contributed by atoms with Crippen LogP contribution >= 0.6 is 0 Å². The van der Waals surface area contributed by atoms with E-state index in [2.05, 4.69) is 37.0 Å². The summed E-state index contributed by atoms with van der Waals surface area (Å²) in [6.07, 6.45) is 10.4. The summed E-state index contributed by atoms with van der Waals surface area (Å²) >= 11 is 0. The molecule has 2 aromatic rings. The first-order valence-corrected chi connectivity index (χ1v) is 9.47. The first-order chi connectivity index (χ1) is 12.6. The third kappa shape index (κ3) is 4.21. The van der Waals surface area contributed by atoms with E-state index in [0.29, 0.717) is 6.42 Å². The van der Waals surface area contributed by atoms with Crippen LogP contribution in [0.5, 0.6) is 0 Å². The second-order valence-electron chi connectivity index (χ2n) is 7.20. The summed E-state index contributed by atoms with van der Waals surface area (Å²) in [7, 11) is 0. The Morgan fingerprint density at radius 2 is 1.77 bits per heavy atom. The highest BCUT2D eigenvalue weighted by molar-refractivity contribution is 5.70. The summed E-state index contributed by atoms with van der Waals surface area (Å²) in [5, 5.41) is 8.90. The van der Waals surface area contributed by atoms with E-state index in [1.54, 1.807) is 5.57 Å². The minimum Gasteiger partial charge on any atom is -0.481 e. The number of carbonyl (C=O) groups is 1. The molecule has 0 saturated carbocycles. The van der Waals surface area contributed by atoms with Crippen LogP contribution in [0.4, 0.5) is 0 Å². The van der Waals surface area contributed by atoms with E-state index in [1.165, 1.54) is 40.7 Å². The number of rotatable bonds is 7. The number of pyridine rings is 1. The third-order valence-corrected chi connectivity index (χ3v) is 5.66. The van der Waals surface area contributed by atoms with Gasteiger partial charge in [0.25, 0.3) is 0 Å². The number of carboxylic acids is 1. The number of carboxylic acid groups (broad SMARTS) is 1. The number of benzene rings is 1. The van der Waals surface area contributed by atoms with E-state index in [0.717, 1.165) is 24.8 Å². The second kappa shape index (κ2) is 8.31. The molecule has 0 radical (unpaired) electrons. The van der Waals surface area contributed by atoms with Crippen molar-refractivity contribution < 1.29 is 9.90 Å². The summed E-state index contributed by atoms with van der Waals surface area (Å²) in [6, 6.07) is 8.49. The van der Waals surface area contributed by atoms with Crippen molar-refractivity contribution in [2.75, 3.05) is 0 Å². The lowest BCUT2D eigenvalue weighted by molar-refractivity contribution is -0.136. The van der Waals surface area contributed by atoms with Crippen LogP contribution in [-0.2, 0) is 17.6 Å². The van der Waals surface area contributed by atoms with Gasteiger partial charge in [-0.05, 0) is 91.8 Å². The monoisotopic (exact) mass is 349 g/mol. The van der Waals surface area contributed by atoms with E-state index < -0.39 is 5.97 Å². The standard InChI is InChI=1S/C23H27NO2/c1-16-17(2)19(12-13-23(25)26)9-8-18(16)10-11-20-5-3-7-22(20)21-6-4-14-24-15-21/h4,6,8-9,14-15H,3,5,7,10-13H2,1-2H3,(H,25,26). The lowest BCUT2D eigenvalue weighted by Crippen LogP contribution is -2.02. The number of aromatic nitrogens is 1. The maximum atomic E-state index is 10.8. The van der Waals surface area contributed by atoms with Crippen molar-refractivity contribution in [3.8, 4) is 0 Å². The molecule has 1 aliphatic carbocycles. The molecule has 0 aliphatic heterocycles. The molecule has 1 N–H and O–H groups in total. The molecule has 0 amide bonds. The third-order valence-electron chi connectivity index (χ3n) is 5.66. The highest BCUT2D eigenvalue weighted by Gasteiger charge is 2.17. The fourth-order valence-electron chi connectivity index (χ4n) is 3.97. The highest BCUT2D eigenvalue weighted by Crippen LogP contribution is 2.36. The predicted octanol–water partition coefficient (Wildman–Crippen LogP) is 5.29. The van der Waals surface area contributed by atoms with Gasteiger partial charge in [0.2, 0.25) is 0 Å². The molecule has 1 aliphatic rings. The van der Waals surface area contributed by atoms with Crippen LogP contribution in [0.1, 0.15) is 59.9 Å². The maximum absolute atomic E-state index is 10.8. The maximum Gasteiger partial charge on any atom is 0.303 e. The molecular formula is C23H27NO2. The van der Waals surface area contributed by atoms with Gasteiger partial charge in [0.05, 0.1) is 0 Å². The van der Waals surface area contributed by atoms with Crippen LogP contribution < -0.4 is 0 Å². The lowest BCUT2D eigenvalue weighted by atomic mass is 9.91. The minimum atomic E-state index is -0.734. The second-order valence-corrected chi connectivity index (χ2v) is 7.20. The summed E-state index contributed by atoms with van der Waals surface area (Å²) in [5.74, 6) is -0.734. The summed E-state index contributed by atoms with van der Waals surface area (Å²) in [6.45, 7) is 4.28. The van der Waals surface area contributed by atoms with E-state index in [1.807, 2.05) is 18.5 Å². The topological polar surface area (TPSA) is 50.2 Å². The van der Waals surface area contributed by atoms with Crippen LogP contribution in [0.25, 0.3) is 5.57 Å². The minimum absolute atomic E-state index is 0.195. The van der Waals surface area contributed by atoms with Gasteiger partial charge in [-0.15, -0.1) is 0 Å². The average Bonchev–Trinajstić information content (AvgIpc) is 3.11. The number of hydrogen-bond acceptors (Lipinski definition) is 2. The smallest absolute Gasteiger partial charge is 0.303 e. The zero-order chi connectivity index (χ0) is 18.5. The predicted molar refractivity (Wildman–Crippen MR) is 105 cm³/mol. The Kier molecular flexibility index (Phi) is 5.87. The molecule has 136 valence electrons. The lowest BCUT2D eigenvalue weighted by Gasteiger charge is -2.14. The number of aliphatic carboxylic acids is 1. The summed E-state index contributed by atoms with van der Waals surface area (Å²) in [4.78, 5) is 15.1. The molecule has 0 fully saturated rings. The van der Waals surface area contributed by atoms with Crippen LogP contribution in [0.3, 0.4) is 0 Å². The molecule has 0 saturated heterocycles. The Balaban J connectivity index is 1.73. The van der Waals surface area contributed by atoms with Crippen molar-refractivity contribution >= 4 is 11.5 Å². The molecule has 26 heavy (non-hydrogen) atoms. The molecule has 1 aromatic carbocycles. The van der Waals surface area contributed by atoms with Gasteiger partial charge in [0, 0.05) is 18.8 Å². The Labute approximate surface area is 155 Å². The molecule has 0 spiro atoms. The fraction of sp³-hybridized carbons (Fsp3) is 0.391. The SMILES string of the molecule is Cc1c(CCC(=O)O)ccc(CCC2=C(c3cccnc3)CCC2)c1C. The van der Waals surface area contributed by atoms with Gasteiger partial charge in [-0.25, -0.2) is 0 Å². The van der Waals surface area contributed by atoms with Gasteiger partial charge in [0.1, 0.15) is 0 Å². The highest BCUT2D eigenvalue weighted by atomic mass is 16.4. The van der Waals surface area contributed by atoms with Crippen molar-refractivity contribution in [3.05, 3.63) is 70.0 Å². The molecule has 1 heterocycles. The average molecular weight is 349 g/mol.